The highest BCUT2D eigenvalue weighted by atomic mass is 16.2. The minimum atomic E-state index is -0.712. The number of benzene rings is 3. The Morgan fingerprint density at radius 2 is 1.27 bits per heavy atom. The second-order valence-corrected chi connectivity index (χ2v) is 8.85. The third kappa shape index (κ3) is 2.38. The largest absolute Gasteiger partial charge is 0.274 e. The van der Waals surface area contributed by atoms with Gasteiger partial charge < -0.3 is 0 Å². The third-order valence-corrected chi connectivity index (χ3v) is 6.97. The van der Waals surface area contributed by atoms with Crippen molar-refractivity contribution in [3.8, 4) is 0 Å². The van der Waals surface area contributed by atoms with Crippen LogP contribution in [0.1, 0.15) is 40.7 Å². The Kier molecular flexibility index (Phi) is 4.01. The summed E-state index contributed by atoms with van der Waals surface area (Å²) in [6.45, 7) is 6.00. The van der Waals surface area contributed by atoms with E-state index in [4.69, 9.17) is 0 Å². The highest BCUT2D eigenvalue weighted by molar-refractivity contribution is 6.25. The standard InChI is InChI=1S/C27H25NO2/c1-18-14-19(2)24(20(3)15-18)28-23(29)16-26(25(28)30)17-27(26,21-10-6-4-7-11-21)22-12-8-5-9-13-22/h4-15H,16-17H2,1-3H3/t26-/m0/s1. The molecule has 1 aliphatic carbocycles. The Morgan fingerprint density at radius 3 is 1.77 bits per heavy atom. The lowest BCUT2D eigenvalue weighted by atomic mass is 9.79. The molecule has 3 aromatic rings. The Hall–Kier alpha value is -3.20. The number of anilines is 1. The molecule has 0 N–H and O–H groups in total. The van der Waals surface area contributed by atoms with Crippen molar-refractivity contribution >= 4 is 17.5 Å². The number of aryl methyl sites for hydroxylation is 3. The maximum absolute atomic E-state index is 14.0. The highest BCUT2D eigenvalue weighted by Gasteiger charge is 2.77. The van der Waals surface area contributed by atoms with Crippen molar-refractivity contribution < 1.29 is 9.59 Å². The monoisotopic (exact) mass is 395 g/mol. The van der Waals surface area contributed by atoms with Crippen LogP contribution in [0.15, 0.2) is 72.8 Å². The van der Waals surface area contributed by atoms with E-state index in [0.29, 0.717) is 6.42 Å². The molecular weight excluding hydrogens is 370 g/mol. The number of hydrogen-bond donors (Lipinski definition) is 0. The first-order chi connectivity index (χ1) is 14.4. The van der Waals surface area contributed by atoms with Crippen molar-refractivity contribution in [2.45, 2.75) is 39.0 Å². The molecule has 0 aromatic heterocycles. The average molecular weight is 396 g/mol. The summed E-state index contributed by atoms with van der Waals surface area (Å²) in [7, 11) is 0. The molecule has 2 fully saturated rings. The van der Waals surface area contributed by atoms with Gasteiger partial charge in [0.05, 0.1) is 11.1 Å². The predicted octanol–water partition coefficient (Wildman–Crippen LogP) is 5.25. The van der Waals surface area contributed by atoms with Gasteiger partial charge in [-0.3, -0.25) is 9.59 Å². The van der Waals surface area contributed by atoms with E-state index in [2.05, 4.69) is 24.3 Å². The molecule has 1 spiro atoms. The molecule has 3 aromatic carbocycles. The first-order valence-electron chi connectivity index (χ1n) is 10.5. The van der Waals surface area contributed by atoms with Crippen molar-refractivity contribution in [2.75, 3.05) is 4.90 Å². The Balaban J connectivity index is 1.66. The van der Waals surface area contributed by atoms with Crippen LogP contribution >= 0.6 is 0 Å². The normalized spacial score (nSPS) is 22.0. The quantitative estimate of drug-likeness (QED) is 0.568. The smallest absolute Gasteiger partial charge is 0.241 e. The number of imide groups is 1. The van der Waals surface area contributed by atoms with Crippen molar-refractivity contribution in [2.24, 2.45) is 5.41 Å². The summed E-state index contributed by atoms with van der Waals surface area (Å²) in [5.74, 6) is -0.154. The lowest BCUT2D eigenvalue weighted by Gasteiger charge is -2.24. The second kappa shape index (κ2) is 6.40. The van der Waals surface area contributed by atoms with Gasteiger partial charge >= 0.3 is 0 Å². The van der Waals surface area contributed by atoms with Crippen molar-refractivity contribution in [3.63, 3.8) is 0 Å². The topological polar surface area (TPSA) is 37.4 Å². The van der Waals surface area contributed by atoms with Crippen LogP contribution in [0.3, 0.4) is 0 Å². The van der Waals surface area contributed by atoms with Crippen LogP contribution in [0.5, 0.6) is 0 Å². The number of carbonyl (C=O) groups is 2. The van der Waals surface area contributed by atoms with E-state index in [1.54, 1.807) is 0 Å². The van der Waals surface area contributed by atoms with Gasteiger partial charge in [0.2, 0.25) is 11.8 Å². The third-order valence-electron chi connectivity index (χ3n) is 6.97. The van der Waals surface area contributed by atoms with Crippen molar-refractivity contribution in [3.05, 3.63) is 101 Å². The van der Waals surface area contributed by atoms with E-state index < -0.39 is 10.8 Å². The zero-order valence-corrected chi connectivity index (χ0v) is 17.6. The zero-order chi connectivity index (χ0) is 21.1. The van der Waals surface area contributed by atoms with Gasteiger partial charge in [-0.05, 0) is 49.4 Å². The zero-order valence-electron chi connectivity index (χ0n) is 17.6. The van der Waals surface area contributed by atoms with Gasteiger partial charge in [0.1, 0.15) is 0 Å². The summed E-state index contributed by atoms with van der Waals surface area (Å²) in [4.78, 5) is 28.7. The van der Waals surface area contributed by atoms with Crippen molar-refractivity contribution in [1.82, 2.24) is 0 Å². The number of nitrogens with zero attached hydrogens (tertiary/aromatic N) is 1. The Morgan fingerprint density at radius 1 is 0.767 bits per heavy atom. The maximum Gasteiger partial charge on any atom is 0.241 e. The second-order valence-electron chi connectivity index (χ2n) is 8.85. The Bertz CT molecular complexity index is 1100. The Labute approximate surface area is 177 Å². The van der Waals surface area contributed by atoms with Crippen LogP contribution in [0, 0.1) is 26.2 Å². The average Bonchev–Trinajstić information content (AvgIpc) is 3.35. The minimum Gasteiger partial charge on any atom is -0.274 e. The summed E-state index contributed by atoms with van der Waals surface area (Å²) in [5, 5.41) is 0. The van der Waals surface area contributed by atoms with Crippen LogP contribution in [-0.2, 0) is 15.0 Å². The minimum absolute atomic E-state index is 0.0599. The lowest BCUT2D eigenvalue weighted by Crippen LogP contribution is -2.34. The van der Waals surface area contributed by atoms with Gasteiger partial charge in [0.15, 0.2) is 0 Å². The van der Waals surface area contributed by atoms with Gasteiger partial charge in [0, 0.05) is 11.8 Å². The summed E-state index contributed by atoms with van der Waals surface area (Å²) in [6, 6.07) is 24.5. The molecule has 1 atom stereocenters. The summed E-state index contributed by atoms with van der Waals surface area (Å²) in [6.07, 6.45) is 0.918. The molecule has 30 heavy (non-hydrogen) atoms. The molecule has 1 saturated heterocycles. The van der Waals surface area contributed by atoms with Gasteiger partial charge in [0.25, 0.3) is 0 Å². The number of rotatable bonds is 3. The fraction of sp³-hybridized carbons (Fsp3) is 0.259. The number of hydrogen-bond acceptors (Lipinski definition) is 2. The van der Waals surface area contributed by atoms with Crippen LogP contribution in [0.2, 0.25) is 0 Å². The van der Waals surface area contributed by atoms with Crippen molar-refractivity contribution in [1.29, 1.82) is 0 Å². The van der Waals surface area contributed by atoms with E-state index >= 15 is 0 Å². The molecule has 0 radical (unpaired) electrons. The van der Waals surface area contributed by atoms with Gasteiger partial charge in [-0.2, -0.15) is 0 Å². The molecule has 0 unspecified atom stereocenters. The predicted molar refractivity (Wildman–Crippen MR) is 118 cm³/mol. The molecule has 1 heterocycles. The molecule has 2 amide bonds. The van der Waals surface area contributed by atoms with Gasteiger partial charge in [-0.25, -0.2) is 4.90 Å². The number of amides is 2. The van der Waals surface area contributed by atoms with Crippen LogP contribution in [0.4, 0.5) is 5.69 Å². The molecule has 1 aliphatic heterocycles. The number of carbonyl (C=O) groups excluding carboxylic acids is 2. The maximum atomic E-state index is 14.0. The molecule has 150 valence electrons. The molecular formula is C27H25NO2. The summed E-state index contributed by atoms with van der Waals surface area (Å²) in [5.41, 5.74) is 4.88. The van der Waals surface area contributed by atoms with E-state index in [1.807, 2.05) is 69.3 Å². The fourth-order valence-electron chi connectivity index (χ4n) is 5.74. The molecule has 3 heteroatoms. The van der Waals surface area contributed by atoms with E-state index in [-0.39, 0.29) is 18.2 Å². The van der Waals surface area contributed by atoms with E-state index in [1.165, 1.54) is 4.90 Å². The summed E-state index contributed by atoms with van der Waals surface area (Å²) >= 11 is 0. The molecule has 3 nitrogen and oxygen atoms in total. The first kappa shape index (κ1) is 18.8. The van der Waals surface area contributed by atoms with E-state index in [9.17, 15) is 9.59 Å². The highest BCUT2D eigenvalue weighted by Crippen LogP contribution is 2.72. The van der Waals surface area contributed by atoms with Crippen LogP contribution < -0.4 is 4.90 Å². The lowest BCUT2D eigenvalue weighted by molar-refractivity contribution is -0.123. The van der Waals surface area contributed by atoms with Crippen LogP contribution in [0.25, 0.3) is 0 Å². The van der Waals surface area contributed by atoms with Gasteiger partial charge in [-0.15, -0.1) is 0 Å². The molecule has 0 bridgehead atoms. The SMILES string of the molecule is Cc1cc(C)c(N2C(=O)C[C@]3(CC3(c3ccccc3)c3ccccc3)C2=O)c(C)c1. The molecule has 5 rings (SSSR count). The van der Waals surface area contributed by atoms with Gasteiger partial charge in [-0.1, -0.05) is 78.4 Å². The first-order valence-corrected chi connectivity index (χ1v) is 10.5. The van der Waals surface area contributed by atoms with E-state index in [0.717, 1.165) is 33.5 Å². The fourth-order valence-corrected chi connectivity index (χ4v) is 5.74. The molecule has 1 saturated carbocycles. The summed E-state index contributed by atoms with van der Waals surface area (Å²) < 4.78 is 0. The van der Waals surface area contributed by atoms with Crippen LogP contribution in [-0.4, -0.2) is 11.8 Å². The molecule has 2 aliphatic rings.